The Hall–Kier alpha value is -3.17. The fourth-order valence-electron chi connectivity index (χ4n) is 3.96. The summed E-state index contributed by atoms with van der Waals surface area (Å²) >= 11 is 4.04. The second-order valence-corrected chi connectivity index (χ2v) is 11.9. The summed E-state index contributed by atoms with van der Waals surface area (Å²) in [4.78, 5) is 71.4. The number of likely N-dealkylation sites (N-methyl/N-ethyl adjacent to an activating group) is 2. The number of amides is 4. The number of fused-ring (bicyclic) bond motifs is 1. The summed E-state index contributed by atoms with van der Waals surface area (Å²) in [6, 6.07) is 5.66. The van der Waals surface area contributed by atoms with E-state index in [0.717, 1.165) is 0 Å². The third-order valence-electron chi connectivity index (χ3n) is 6.37. The summed E-state index contributed by atoms with van der Waals surface area (Å²) in [6.45, 7) is -0.428. The van der Waals surface area contributed by atoms with E-state index < -0.39 is 54.3 Å². The average Bonchev–Trinajstić information content (AvgIpc) is 2.98. The SMILES string of the molecule is COC(=O)[C@@H](CSC)N(C)C(=O)[C@H](CSC)N(C)C(=O)CNC(=O)[C@@H](CSC)NC(=O)c1nc2ccccc2cc1O. The van der Waals surface area contributed by atoms with Crippen molar-refractivity contribution < 1.29 is 33.8 Å². The smallest absolute Gasteiger partial charge is 0.329 e. The molecule has 0 aliphatic heterocycles. The molecule has 1 aromatic carbocycles. The summed E-state index contributed by atoms with van der Waals surface area (Å²) in [5, 5.41) is 16.1. The van der Waals surface area contributed by atoms with Crippen LogP contribution in [0.25, 0.3) is 10.9 Å². The minimum Gasteiger partial charge on any atom is -0.505 e. The fourth-order valence-corrected chi connectivity index (χ4v) is 5.89. The predicted molar refractivity (Wildman–Crippen MR) is 168 cm³/mol. The van der Waals surface area contributed by atoms with Crippen LogP contribution in [0.4, 0.5) is 0 Å². The Morgan fingerprint density at radius 1 is 0.952 bits per heavy atom. The predicted octanol–water partition coefficient (Wildman–Crippen LogP) is 1.07. The highest BCUT2D eigenvalue weighted by atomic mass is 32.2. The number of nitrogens with zero attached hydrogens (tertiary/aromatic N) is 3. The van der Waals surface area contributed by atoms with E-state index in [9.17, 15) is 29.1 Å². The Morgan fingerprint density at radius 3 is 2.19 bits per heavy atom. The van der Waals surface area contributed by atoms with Crippen LogP contribution < -0.4 is 10.6 Å². The molecule has 12 nitrogen and oxygen atoms in total. The maximum atomic E-state index is 13.4. The Balaban J connectivity index is 2.10. The number of aromatic nitrogens is 1. The van der Waals surface area contributed by atoms with E-state index in [1.807, 2.05) is 0 Å². The number of carbonyl (C=O) groups excluding carboxylic acids is 5. The monoisotopic (exact) mass is 639 g/mol. The van der Waals surface area contributed by atoms with E-state index >= 15 is 0 Å². The number of methoxy groups -OCH3 is 1. The van der Waals surface area contributed by atoms with E-state index in [4.69, 9.17) is 4.74 Å². The molecule has 4 amide bonds. The van der Waals surface area contributed by atoms with Gasteiger partial charge in [0, 0.05) is 36.7 Å². The highest BCUT2D eigenvalue weighted by molar-refractivity contribution is 7.99. The molecule has 3 atom stereocenters. The molecule has 0 aliphatic rings. The van der Waals surface area contributed by atoms with E-state index in [1.165, 1.54) is 72.4 Å². The first-order valence-corrected chi connectivity index (χ1v) is 16.9. The number of carbonyl (C=O) groups is 5. The maximum Gasteiger partial charge on any atom is 0.329 e. The average molecular weight is 640 g/mol. The zero-order valence-corrected chi connectivity index (χ0v) is 26.9. The van der Waals surface area contributed by atoms with Crippen LogP contribution >= 0.6 is 35.3 Å². The van der Waals surface area contributed by atoms with Gasteiger partial charge in [-0.25, -0.2) is 9.78 Å². The number of esters is 1. The van der Waals surface area contributed by atoms with Crippen molar-refractivity contribution in [2.45, 2.75) is 18.1 Å². The molecule has 2 rings (SSSR count). The quantitative estimate of drug-likeness (QED) is 0.240. The summed E-state index contributed by atoms with van der Waals surface area (Å²) in [6.07, 6.45) is 5.35. The Labute approximate surface area is 258 Å². The topological polar surface area (TPSA) is 158 Å². The van der Waals surface area contributed by atoms with Gasteiger partial charge in [-0.05, 0) is 30.9 Å². The van der Waals surface area contributed by atoms with Crippen molar-refractivity contribution in [3.05, 3.63) is 36.0 Å². The van der Waals surface area contributed by atoms with Crippen LogP contribution in [-0.4, -0.2) is 131 Å². The van der Waals surface area contributed by atoms with Crippen LogP contribution in [0.1, 0.15) is 10.5 Å². The van der Waals surface area contributed by atoms with Crippen LogP contribution in [-0.2, 0) is 23.9 Å². The van der Waals surface area contributed by atoms with Crippen LogP contribution in [0.2, 0.25) is 0 Å². The van der Waals surface area contributed by atoms with Gasteiger partial charge in [0.1, 0.15) is 23.9 Å². The lowest BCUT2D eigenvalue weighted by Gasteiger charge is -2.33. The van der Waals surface area contributed by atoms with E-state index in [0.29, 0.717) is 16.7 Å². The molecule has 1 aromatic heterocycles. The van der Waals surface area contributed by atoms with Gasteiger partial charge in [0.2, 0.25) is 17.7 Å². The first-order chi connectivity index (χ1) is 20.0. The molecule has 0 unspecified atom stereocenters. The van der Waals surface area contributed by atoms with Crippen LogP contribution in [0.5, 0.6) is 5.75 Å². The molecular formula is C27H37N5O7S3. The fraction of sp³-hybridized carbons (Fsp3) is 0.481. The van der Waals surface area contributed by atoms with Crippen molar-refractivity contribution in [3.8, 4) is 5.75 Å². The van der Waals surface area contributed by atoms with Gasteiger partial charge in [-0.3, -0.25) is 19.2 Å². The van der Waals surface area contributed by atoms with Gasteiger partial charge in [-0.1, -0.05) is 18.2 Å². The van der Waals surface area contributed by atoms with Crippen molar-refractivity contribution in [1.29, 1.82) is 0 Å². The van der Waals surface area contributed by atoms with E-state index in [1.54, 1.807) is 43.0 Å². The molecular weight excluding hydrogens is 603 g/mol. The number of benzene rings is 1. The van der Waals surface area contributed by atoms with Crippen LogP contribution in [0, 0.1) is 0 Å². The van der Waals surface area contributed by atoms with Crippen molar-refractivity contribution in [1.82, 2.24) is 25.4 Å². The zero-order chi connectivity index (χ0) is 31.4. The van der Waals surface area contributed by atoms with Gasteiger partial charge in [0.25, 0.3) is 5.91 Å². The number of hydrogen-bond donors (Lipinski definition) is 3. The molecule has 230 valence electrons. The number of para-hydroxylation sites is 1. The van der Waals surface area contributed by atoms with Gasteiger partial charge in [-0.2, -0.15) is 35.3 Å². The number of hydrogen-bond acceptors (Lipinski definition) is 11. The lowest BCUT2D eigenvalue weighted by molar-refractivity contribution is -0.153. The van der Waals surface area contributed by atoms with Gasteiger partial charge in [0.15, 0.2) is 5.69 Å². The lowest BCUT2D eigenvalue weighted by Crippen LogP contribution is -2.56. The van der Waals surface area contributed by atoms with Gasteiger partial charge < -0.3 is 30.3 Å². The standard InChI is InChI=1S/C27H37N5O7S3/c1-31(19(14-41-5)26(37)32(2)20(15-42-6)27(38)39-3)22(34)12-28-24(35)18(13-40-4)30-25(36)23-21(33)11-16-9-7-8-10-17(16)29-23/h7-11,18-20,33H,12-15H2,1-6H3,(H,28,35)(H,30,36)/t18-,19+,20-/m1/s1. The Kier molecular flexibility index (Phi) is 14.2. The highest BCUT2D eigenvalue weighted by Gasteiger charge is 2.35. The minimum atomic E-state index is -1.03. The number of nitrogens with one attached hydrogen (secondary N) is 2. The number of aromatic hydroxyl groups is 1. The summed E-state index contributed by atoms with van der Waals surface area (Å²) in [5.41, 5.74) is 0.281. The molecule has 0 bridgehead atoms. The largest absolute Gasteiger partial charge is 0.505 e. The molecule has 0 aliphatic carbocycles. The number of ether oxygens (including phenoxy) is 1. The normalized spacial score (nSPS) is 13.0. The number of pyridine rings is 1. The third kappa shape index (κ3) is 9.16. The molecule has 42 heavy (non-hydrogen) atoms. The van der Waals surface area contributed by atoms with Gasteiger partial charge >= 0.3 is 5.97 Å². The second-order valence-electron chi connectivity index (χ2n) is 9.17. The van der Waals surface area contributed by atoms with Crippen LogP contribution in [0.15, 0.2) is 30.3 Å². The Morgan fingerprint density at radius 2 is 1.57 bits per heavy atom. The van der Waals surface area contributed by atoms with E-state index in [2.05, 4.69) is 15.6 Å². The minimum absolute atomic E-state index is 0.193. The van der Waals surface area contributed by atoms with Crippen molar-refractivity contribution in [3.63, 3.8) is 0 Å². The van der Waals surface area contributed by atoms with Gasteiger partial charge in [-0.15, -0.1) is 0 Å². The van der Waals surface area contributed by atoms with Crippen molar-refractivity contribution in [2.24, 2.45) is 0 Å². The van der Waals surface area contributed by atoms with Crippen LogP contribution in [0.3, 0.4) is 0 Å². The Bertz CT molecular complexity index is 1280. The summed E-state index contributed by atoms with van der Waals surface area (Å²) in [5.74, 6) is -2.43. The van der Waals surface area contributed by atoms with Gasteiger partial charge in [0.05, 0.1) is 19.2 Å². The molecule has 0 saturated heterocycles. The number of thioether (sulfide) groups is 3. The molecule has 0 spiro atoms. The summed E-state index contributed by atoms with van der Waals surface area (Å²) in [7, 11) is 4.20. The number of rotatable bonds is 15. The van der Waals surface area contributed by atoms with E-state index in [-0.39, 0.29) is 22.9 Å². The molecule has 0 saturated carbocycles. The molecule has 0 radical (unpaired) electrons. The second kappa shape index (κ2) is 17.1. The highest BCUT2D eigenvalue weighted by Crippen LogP contribution is 2.22. The molecule has 15 heteroatoms. The summed E-state index contributed by atoms with van der Waals surface area (Å²) < 4.78 is 4.84. The lowest BCUT2D eigenvalue weighted by atomic mass is 10.1. The molecule has 3 N–H and O–H groups in total. The molecule has 1 heterocycles. The third-order valence-corrected chi connectivity index (χ3v) is 8.34. The molecule has 0 fully saturated rings. The van der Waals surface area contributed by atoms with Crippen molar-refractivity contribution >= 4 is 75.8 Å². The molecule has 2 aromatic rings. The maximum absolute atomic E-state index is 13.4. The van der Waals surface area contributed by atoms with Crippen molar-refractivity contribution in [2.75, 3.05) is 63.8 Å². The zero-order valence-electron chi connectivity index (χ0n) is 24.4. The first kappa shape index (κ1) is 35.0. The first-order valence-electron chi connectivity index (χ1n) is 12.7.